The number of piperidine rings is 1. The fourth-order valence-electron chi connectivity index (χ4n) is 3.74. The van der Waals surface area contributed by atoms with Crippen molar-refractivity contribution in [2.75, 3.05) is 25.0 Å². The summed E-state index contributed by atoms with van der Waals surface area (Å²) in [5.41, 5.74) is -0.280. The van der Waals surface area contributed by atoms with Crippen molar-refractivity contribution in [1.29, 1.82) is 0 Å². The summed E-state index contributed by atoms with van der Waals surface area (Å²) in [5.74, 6) is -2.88. The molecule has 1 aromatic carbocycles. The monoisotopic (exact) mass is 469 g/mol. The summed E-state index contributed by atoms with van der Waals surface area (Å²) in [6, 6.07) is 6.85. The van der Waals surface area contributed by atoms with E-state index in [4.69, 9.17) is 9.52 Å². The van der Waals surface area contributed by atoms with Gasteiger partial charge in [0, 0.05) is 62.7 Å². The van der Waals surface area contributed by atoms with Crippen molar-refractivity contribution in [1.82, 2.24) is 9.88 Å². The number of aromatic nitrogens is 1. The lowest BCUT2D eigenvalue weighted by Crippen LogP contribution is -2.38. The smallest absolute Gasteiger partial charge is 0.420 e. The quantitative estimate of drug-likeness (QED) is 0.485. The summed E-state index contributed by atoms with van der Waals surface area (Å²) in [7, 11) is 1.16. The van der Waals surface area contributed by atoms with Crippen LogP contribution in [0.5, 0.6) is 0 Å². The molecule has 0 atom stereocenters. The lowest BCUT2D eigenvalue weighted by atomic mass is 10.0. The summed E-state index contributed by atoms with van der Waals surface area (Å²) < 4.78 is 72.9. The van der Waals surface area contributed by atoms with Crippen molar-refractivity contribution < 1.29 is 36.3 Å². The highest BCUT2D eigenvalue weighted by Crippen LogP contribution is 2.40. The molecule has 0 radical (unpaired) electrons. The maximum atomic E-state index is 13.7. The van der Waals surface area contributed by atoms with Gasteiger partial charge in [-0.1, -0.05) is 6.07 Å². The molecule has 6 nitrogen and oxygen atoms in total. The van der Waals surface area contributed by atoms with Gasteiger partial charge < -0.3 is 9.52 Å². The van der Waals surface area contributed by atoms with Crippen LogP contribution in [-0.4, -0.2) is 47.1 Å². The predicted molar refractivity (Wildman–Crippen MR) is 110 cm³/mol. The minimum Gasteiger partial charge on any atom is -0.465 e. The van der Waals surface area contributed by atoms with E-state index in [1.54, 1.807) is 12.1 Å². The average molecular weight is 469 g/mol. The number of carboxylic acid groups (broad SMARTS) is 1. The summed E-state index contributed by atoms with van der Waals surface area (Å²) in [6.45, 7) is 0.935. The molecule has 11 heteroatoms. The molecular weight excluding hydrogens is 449 g/mol. The molecule has 1 amide bonds. The molecule has 0 bridgehead atoms. The molecule has 0 saturated carbocycles. The van der Waals surface area contributed by atoms with Crippen LogP contribution in [0.3, 0.4) is 0 Å². The maximum Gasteiger partial charge on any atom is 0.420 e. The van der Waals surface area contributed by atoms with Gasteiger partial charge in [-0.2, -0.15) is 13.2 Å². The van der Waals surface area contributed by atoms with Crippen molar-refractivity contribution in [3.8, 4) is 11.3 Å². The first-order valence-corrected chi connectivity index (χ1v) is 10.1. The van der Waals surface area contributed by atoms with Gasteiger partial charge in [-0.25, -0.2) is 13.6 Å². The number of carbonyl (C=O) groups is 1. The number of fused-ring (bicyclic) bond motifs is 1. The lowest BCUT2D eigenvalue weighted by Gasteiger charge is -2.31. The molecule has 3 aromatic rings. The number of alkyl halides is 5. The third kappa shape index (κ3) is 4.92. The first kappa shape index (κ1) is 23.0. The van der Waals surface area contributed by atoms with Crippen molar-refractivity contribution in [2.24, 2.45) is 0 Å². The number of nitrogens with zero attached hydrogens (tertiary/aromatic N) is 3. The molecule has 1 aliphatic rings. The zero-order valence-corrected chi connectivity index (χ0v) is 17.5. The third-order valence-electron chi connectivity index (χ3n) is 5.64. The number of halogens is 5. The fourth-order valence-corrected chi connectivity index (χ4v) is 3.74. The van der Waals surface area contributed by atoms with Gasteiger partial charge in [0.15, 0.2) is 0 Å². The summed E-state index contributed by atoms with van der Waals surface area (Å²) in [4.78, 5) is 18.0. The zero-order chi connectivity index (χ0) is 24.0. The van der Waals surface area contributed by atoms with Gasteiger partial charge in [0.1, 0.15) is 5.58 Å². The Morgan fingerprint density at radius 2 is 1.91 bits per heavy atom. The van der Waals surface area contributed by atoms with Crippen LogP contribution >= 0.6 is 0 Å². The number of rotatable bonds is 4. The Kier molecular flexibility index (Phi) is 5.77. The van der Waals surface area contributed by atoms with Crippen LogP contribution in [-0.2, 0) is 12.7 Å². The highest BCUT2D eigenvalue weighted by atomic mass is 19.4. The molecular formula is C22H20F5N3O3. The predicted octanol–water partition coefficient (Wildman–Crippen LogP) is 5.86. The Morgan fingerprint density at radius 3 is 2.48 bits per heavy atom. The molecule has 1 fully saturated rings. The normalized spacial score (nSPS) is 16.8. The van der Waals surface area contributed by atoms with E-state index in [-0.39, 0.29) is 48.5 Å². The molecule has 1 saturated heterocycles. The Morgan fingerprint density at radius 1 is 1.21 bits per heavy atom. The number of likely N-dealkylation sites (tertiary alicyclic amines) is 1. The number of benzene rings is 1. The van der Waals surface area contributed by atoms with Gasteiger partial charge >= 0.3 is 12.3 Å². The molecule has 33 heavy (non-hydrogen) atoms. The van der Waals surface area contributed by atoms with Gasteiger partial charge in [-0.15, -0.1) is 0 Å². The molecule has 1 aliphatic heterocycles. The standard InChI is InChI=1S/C22H20F5N3O3/c1-29(20(31)32)18-10-15-8-14(9-16(19(15)33-18)22(25,26)27)17-3-2-13(11-28-17)12-30-6-4-21(23,24)5-7-30/h2-3,8-11H,4-7,12H2,1H3,(H,31,32). The Hall–Kier alpha value is -3.21. The van der Waals surface area contributed by atoms with E-state index in [9.17, 15) is 26.7 Å². The van der Waals surface area contributed by atoms with Gasteiger partial charge in [0.25, 0.3) is 5.92 Å². The van der Waals surface area contributed by atoms with Crippen LogP contribution in [0.4, 0.5) is 32.6 Å². The topological polar surface area (TPSA) is 69.8 Å². The van der Waals surface area contributed by atoms with Crippen LogP contribution in [0.1, 0.15) is 24.0 Å². The van der Waals surface area contributed by atoms with Gasteiger partial charge in [0.05, 0.1) is 11.3 Å². The zero-order valence-electron chi connectivity index (χ0n) is 17.5. The minimum atomic E-state index is -4.73. The number of furan rings is 1. The number of anilines is 1. The van der Waals surface area contributed by atoms with E-state index in [0.29, 0.717) is 11.4 Å². The van der Waals surface area contributed by atoms with Crippen molar-refractivity contribution in [3.05, 3.63) is 47.7 Å². The highest BCUT2D eigenvalue weighted by Gasteiger charge is 2.36. The van der Waals surface area contributed by atoms with E-state index in [0.717, 1.165) is 18.7 Å². The molecule has 0 aliphatic carbocycles. The van der Waals surface area contributed by atoms with E-state index in [2.05, 4.69) is 4.98 Å². The molecule has 0 unspecified atom stereocenters. The van der Waals surface area contributed by atoms with Crippen LogP contribution in [0.15, 0.2) is 40.9 Å². The number of hydrogen-bond donors (Lipinski definition) is 1. The Balaban J connectivity index is 1.63. The molecule has 1 N–H and O–H groups in total. The van der Waals surface area contributed by atoms with Crippen molar-refractivity contribution in [3.63, 3.8) is 0 Å². The molecule has 0 spiro atoms. The van der Waals surface area contributed by atoms with Crippen molar-refractivity contribution in [2.45, 2.75) is 31.5 Å². The molecule has 2 aromatic heterocycles. The first-order chi connectivity index (χ1) is 15.4. The van der Waals surface area contributed by atoms with Gasteiger partial charge in [-0.3, -0.25) is 14.8 Å². The number of hydrogen-bond acceptors (Lipinski definition) is 4. The second kappa shape index (κ2) is 8.29. The second-order valence-electron chi connectivity index (χ2n) is 8.05. The number of pyridine rings is 1. The lowest BCUT2D eigenvalue weighted by molar-refractivity contribution is -0.136. The minimum absolute atomic E-state index is 0.0862. The summed E-state index contributed by atoms with van der Waals surface area (Å²) >= 11 is 0. The van der Waals surface area contributed by atoms with Crippen LogP contribution < -0.4 is 4.90 Å². The SMILES string of the molecule is CN(C(=O)O)c1cc2cc(-c3ccc(CN4CCC(F)(F)CC4)cn3)cc(C(F)(F)F)c2o1. The molecule has 4 rings (SSSR count). The van der Waals surface area contributed by atoms with Crippen molar-refractivity contribution >= 4 is 22.9 Å². The molecule has 176 valence electrons. The Labute approximate surface area is 185 Å². The van der Waals surface area contributed by atoms with E-state index >= 15 is 0 Å². The largest absolute Gasteiger partial charge is 0.465 e. The first-order valence-electron chi connectivity index (χ1n) is 10.1. The Bertz CT molecular complexity index is 1160. The number of amides is 1. The summed E-state index contributed by atoms with van der Waals surface area (Å²) in [5, 5.41) is 9.17. The molecule has 3 heterocycles. The summed E-state index contributed by atoms with van der Waals surface area (Å²) in [6.07, 6.45) is -5.01. The van der Waals surface area contributed by atoms with Crippen LogP contribution in [0.25, 0.3) is 22.2 Å². The van der Waals surface area contributed by atoms with E-state index in [1.807, 2.05) is 4.90 Å². The second-order valence-corrected chi connectivity index (χ2v) is 8.05. The van der Waals surface area contributed by atoms with Crippen LogP contribution in [0, 0.1) is 0 Å². The highest BCUT2D eigenvalue weighted by molar-refractivity contribution is 5.92. The van der Waals surface area contributed by atoms with Gasteiger partial charge in [-0.05, 0) is 23.8 Å². The third-order valence-corrected chi connectivity index (χ3v) is 5.64. The van der Waals surface area contributed by atoms with Gasteiger partial charge in [0.2, 0.25) is 5.88 Å². The average Bonchev–Trinajstić information content (AvgIpc) is 3.17. The van der Waals surface area contributed by atoms with E-state index in [1.165, 1.54) is 18.3 Å². The maximum absolute atomic E-state index is 13.7. The van der Waals surface area contributed by atoms with E-state index < -0.39 is 29.3 Å². The van der Waals surface area contributed by atoms with Crippen LogP contribution in [0.2, 0.25) is 0 Å². The fraction of sp³-hybridized carbons (Fsp3) is 0.364.